The zero-order valence-electron chi connectivity index (χ0n) is 16.8. The number of amides is 1. The molecular weight excluding hydrogens is 374 g/mol. The van der Waals surface area contributed by atoms with Crippen LogP contribution in [0, 0.1) is 18.6 Å². The summed E-state index contributed by atoms with van der Waals surface area (Å²) in [6.45, 7) is 5.73. The van der Waals surface area contributed by atoms with Gasteiger partial charge in [0, 0.05) is 18.3 Å². The first-order valence-corrected chi connectivity index (χ1v) is 9.35. The number of carbonyl (C=O) groups is 1. The van der Waals surface area contributed by atoms with E-state index in [1.54, 1.807) is 43.1 Å². The lowest BCUT2D eigenvalue weighted by Gasteiger charge is -2.37. The number of benzene rings is 2. The van der Waals surface area contributed by atoms with Gasteiger partial charge in [0.1, 0.15) is 34.5 Å². The highest BCUT2D eigenvalue weighted by Crippen LogP contribution is 2.39. The summed E-state index contributed by atoms with van der Waals surface area (Å²) in [5, 5.41) is 3.32. The number of aryl methyl sites for hydroxylation is 1. The highest BCUT2D eigenvalue weighted by Gasteiger charge is 2.41. The fourth-order valence-corrected chi connectivity index (χ4v) is 3.81. The second-order valence-electron chi connectivity index (χ2n) is 7.88. The van der Waals surface area contributed by atoms with E-state index < -0.39 is 5.54 Å². The van der Waals surface area contributed by atoms with Crippen LogP contribution < -0.4 is 5.32 Å². The predicted octanol–water partition coefficient (Wildman–Crippen LogP) is 4.59. The van der Waals surface area contributed by atoms with Crippen molar-refractivity contribution in [1.82, 2.24) is 14.5 Å². The summed E-state index contributed by atoms with van der Waals surface area (Å²) in [6, 6.07) is 10.8. The lowest BCUT2D eigenvalue weighted by atomic mass is 10.00. The third kappa shape index (κ3) is 3.16. The van der Waals surface area contributed by atoms with Gasteiger partial charge in [-0.15, -0.1) is 0 Å². The molecule has 0 saturated carbocycles. The standard InChI is InChI=1S/C22H22F2N4O/c1-13-11-16(9-10-17(13)24)25-20-19(14-5-7-15(23)8-6-14)26-18-12-27(4)21(29)22(2,3)28(18)20/h5-11,25H,12H2,1-4H3. The van der Waals surface area contributed by atoms with Crippen LogP contribution in [-0.4, -0.2) is 27.4 Å². The second kappa shape index (κ2) is 6.69. The summed E-state index contributed by atoms with van der Waals surface area (Å²) in [5.41, 5.74) is 1.65. The Morgan fingerprint density at radius 1 is 1.10 bits per heavy atom. The molecule has 1 aromatic heterocycles. The van der Waals surface area contributed by atoms with Crippen molar-refractivity contribution in [1.29, 1.82) is 0 Å². The lowest BCUT2D eigenvalue weighted by molar-refractivity contribution is -0.140. The average Bonchev–Trinajstić information content (AvgIpc) is 3.02. The lowest BCUT2D eigenvalue weighted by Crippen LogP contribution is -2.50. The van der Waals surface area contributed by atoms with E-state index in [1.165, 1.54) is 18.2 Å². The Hall–Kier alpha value is -3.22. The van der Waals surface area contributed by atoms with Gasteiger partial charge in [-0.25, -0.2) is 13.8 Å². The molecule has 0 aliphatic carbocycles. The minimum Gasteiger partial charge on any atom is -0.340 e. The summed E-state index contributed by atoms with van der Waals surface area (Å²) in [6.07, 6.45) is 0. The van der Waals surface area contributed by atoms with E-state index >= 15 is 0 Å². The minimum absolute atomic E-state index is 0.0357. The normalized spacial score (nSPS) is 15.4. The highest BCUT2D eigenvalue weighted by atomic mass is 19.1. The van der Waals surface area contributed by atoms with Crippen LogP contribution in [0.2, 0.25) is 0 Å². The van der Waals surface area contributed by atoms with Gasteiger partial charge in [0.15, 0.2) is 0 Å². The van der Waals surface area contributed by atoms with Crippen molar-refractivity contribution >= 4 is 17.4 Å². The predicted molar refractivity (Wildman–Crippen MR) is 108 cm³/mol. The number of nitrogens with zero attached hydrogens (tertiary/aromatic N) is 3. The molecule has 3 aromatic rings. The molecule has 2 heterocycles. The second-order valence-corrected chi connectivity index (χ2v) is 7.88. The third-order valence-corrected chi connectivity index (χ3v) is 5.29. The molecule has 0 fully saturated rings. The van der Waals surface area contributed by atoms with Gasteiger partial charge < -0.3 is 10.2 Å². The first kappa shape index (κ1) is 19.1. The van der Waals surface area contributed by atoms with E-state index in [1.807, 2.05) is 18.4 Å². The number of carbonyl (C=O) groups excluding carboxylic acids is 1. The maximum Gasteiger partial charge on any atom is 0.248 e. The minimum atomic E-state index is -0.870. The van der Waals surface area contributed by atoms with Crippen molar-refractivity contribution in [3.63, 3.8) is 0 Å². The van der Waals surface area contributed by atoms with Crippen molar-refractivity contribution in [3.05, 3.63) is 65.5 Å². The number of anilines is 2. The van der Waals surface area contributed by atoms with Gasteiger partial charge in [0.05, 0.1) is 6.54 Å². The molecule has 1 aliphatic rings. The van der Waals surface area contributed by atoms with Crippen LogP contribution in [0.4, 0.5) is 20.3 Å². The van der Waals surface area contributed by atoms with Gasteiger partial charge in [-0.3, -0.25) is 9.36 Å². The molecule has 7 heteroatoms. The Morgan fingerprint density at radius 3 is 2.45 bits per heavy atom. The van der Waals surface area contributed by atoms with Crippen LogP contribution in [0.1, 0.15) is 25.2 Å². The van der Waals surface area contributed by atoms with Crippen molar-refractivity contribution in [2.24, 2.45) is 0 Å². The number of likely N-dealkylation sites (N-methyl/N-ethyl adjacent to an activating group) is 1. The first-order chi connectivity index (χ1) is 13.7. The molecule has 1 amide bonds. The molecule has 0 spiro atoms. The largest absolute Gasteiger partial charge is 0.340 e. The molecule has 0 unspecified atom stereocenters. The zero-order valence-corrected chi connectivity index (χ0v) is 16.8. The number of hydrogen-bond donors (Lipinski definition) is 1. The van der Waals surface area contributed by atoms with E-state index in [2.05, 4.69) is 5.32 Å². The number of aromatic nitrogens is 2. The van der Waals surface area contributed by atoms with Crippen LogP contribution in [0.25, 0.3) is 11.3 Å². The molecule has 5 nitrogen and oxygen atoms in total. The monoisotopic (exact) mass is 396 g/mol. The van der Waals surface area contributed by atoms with Crippen LogP contribution in [0.5, 0.6) is 0 Å². The number of rotatable bonds is 3. The van der Waals surface area contributed by atoms with Crippen LogP contribution in [0.15, 0.2) is 42.5 Å². The van der Waals surface area contributed by atoms with Crippen molar-refractivity contribution in [2.45, 2.75) is 32.9 Å². The Bertz CT molecular complexity index is 1100. The van der Waals surface area contributed by atoms with E-state index in [0.717, 1.165) is 11.4 Å². The summed E-state index contributed by atoms with van der Waals surface area (Å²) in [5.74, 6) is 0.673. The summed E-state index contributed by atoms with van der Waals surface area (Å²) in [4.78, 5) is 19.3. The number of imidazole rings is 1. The van der Waals surface area contributed by atoms with Crippen molar-refractivity contribution < 1.29 is 13.6 Å². The van der Waals surface area contributed by atoms with E-state index in [9.17, 15) is 13.6 Å². The van der Waals surface area contributed by atoms with Crippen molar-refractivity contribution in [2.75, 3.05) is 12.4 Å². The van der Waals surface area contributed by atoms with Crippen LogP contribution in [-0.2, 0) is 16.9 Å². The molecular formula is C22H22F2N4O. The Balaban J connectivity index is 1.92. The SMILES string of the molecule is Cc1cc(Nc2c(-c3ccc(F)cc3)nc3n2C(C)(C)C(=O)N(C)C3)ccc1F. The van der Waals surface area contributed by atoms with Gasteiger partial charge in [0.2, 0.25) is 5.91 Å². The molecule has 0 saturated heterocycles. The van der Waals surface area contributed by atoms with Gasteiger partial charge in [-0.1, -0.05) is 0 Å². The fourth-order valence-electron chi connectivity index (χ4n) is 3.81. The van der Waals surface area contributed by atoms with Gasteiger partial charge in [0.25, 0.3) is 0 Å². The molecule has 0 atom stereocenters. The average molecular weight is 396 g/mol. The van der Waals surface area contributed by atoms with Gasteiger partial charge >= 0.3 is 0 Å². The van der Waals surface area contributed by atoms with Gasteiger partial charge in [-0.05, 0) is 68.8 Å². The topological polar surface area (TPSA) is 50.2 Å². The molecule has 2 aromatic carbocycles. The number of halogens is 2. The molecule has 150 valence electrons. The maximum absolute atomic E-state index is 13.7. The molecule has 1 N–H and O–H groups in total. The molecule has 0 bridgehead atoms. The number of fused-ring (bicyclic) bond motifs is 1. The van der Waals surface area contributed by atoms with Crippen molar-refractivity contribution in [3.8, 4) is 11.3 Å². The summed E-state index contributed by atoms with van der Waals surface area (Å²) in [7, 11) is 1.75. The number of nitrogens with one attached hydrogen (secondary N) is 1. The maximum atomic E-state index is 13.7. The van der Waals surface area contributed by atoms with E-state index in [0.29, 0.717) is 29.3 Å². The highest BCUT2D eigenvalue weighted by molar-refractivity contribution is 5.87. The smallest absolute Gasteiger partial charge is 0.248 e. The van der Waals surface area contributed by atoms with E-state index in [-0.39, 0.29) is 17.5 Å². The first-order valence-electron chi connectivity index (χ1n) is 9.35. The molecule has 0 radical (unpaired) electrons. The van der Waals surface area contributed by atoms with Gasteiger partial charge in [-0.2, -0.15) is 0 Å². The third-order valence-electron chi connectivity index (χ3n) is 5.29. The molecule has 1 aliphatic heterocycles. The van der Waals surface area contributed by atoms with Crippen LogP contribution in [0.3, 0.4) is 0 Å². The molecule has 29 heavy (non-hydrogen) atoms. The quantitative estimate of drug-likeness (QED) is 0.705. The summed E-state index contributed by atoms with van der Waals surface area (Å²) >= 11 is 0. The Kier molecular flexibility index (Phi) is 4.41. The zero-order chi connectivity index (χ0) is 20.9. The molecule has 4 rings (SSSR count). The van der Waals surface area contributed by atoms with Crippen LogP contribution >= 0.6 is 0 Å². The van der Waals surface area contributed by atoms with E-state index in [4.69, 9.17) is 4.98 Å². The Morgan fingerprint density at radius 2 is 1.79 bits per heavy atom. The number of hydrogen-bond acceptors (Lipinski definition) is 3. The summed E-state index contributed by atoms with van der Waals surface area (Å²) < 4.78 is 29.1. The fraction of sp³-hybridized carbons (Fsp3) is 0.273. The Labute approximate surface area is 168 Å².